The fourth-order valence-corrected chi connectivity index (χ4v) is 3.21. The summed E-state index contributed by atoms with van der Waals surface area (Å²) in [4.78, 5) is 24.6. The average Bonchev–Trinajstić information content (AvgIpc) is 2.63. The summed E-state index contributed by atoms with van der Waals surface area (Å²) in [6, 6.07) is 14.8. The molecule has 4 heteroatoms. The van der Waals surface area contributed by atoms with Crippen LogP contribution in [0.1, 0.15) is 58.4 Å². The van der Waals surface area contributed by atoms with Crippen LogP contribution in [0, 0.1) is 6.92 Å². The number of hydrogen-bond acceptors (Lipinski definition) is 2. The second kappa shape index (κ2) is 7.97. The Labute approximate surface area is 148 Å². The first-order valence-electron chi connectivity index (χ1n) is 8.91. The second-order valence-corrected chi connectivity index (χ2v) is 6.71. The topological polar surface area (TPSA) is 58.2 Å². The van der Waals surface area contributed by atoms with Crippen molar-refractivity contribution in [1.82, 2.24) is 5.32 Å². The molecule has 2 N–H and O–H groups in total. The first-order chi connectivity index (χ1) is 12.1. The van der Waals surface area contributed by atoms with Gasteiger partial charge in [-0.15, -0.1) is 0 Å². The minimum atomic E-state index is -0.150. The molecular weight excluding hydrogens is 312 g/mol. The highest BCUT2D eigenvalue weighted by Crippen LogP contribution is 2.18. The van der Waals surface area contributed by atoms with Crippen LogP contribution < -0.4 is 10.6 Å². The van der Waals surface area contributed by atoms with Gasteiger partial charge in [-0.05, 0) is 56.2 Å². The lowest BCUT2D eigenvalue weighted by Crippen LogP contribution is -2.36. The van der Waals surface area contributed by atoms with Crippen molar-refractivity contribution in [2.75, 3.05) is 5.32 Å². The largest absolute Gasteiger partial charge is 0.349 e. The predicted molar refractivity (Wildman–Crippen MR) is 99.9 cm³/mol. The van der Waals surface area contributed by atoms with Gasteiger partial charge in [-0.3, -0.25) is 9.59 Å². The van der Waals surface area contributed by atoms with E-state index in [1.54, 1.807) is 30.3 Å². The Bertz CT molecular complexity index is 747. The summed E-state index contributed by atoms with van der Waals surface area (Å²) in [5, 5.41) is 5.96. The molecule has 2 amide bonds. The van der Waals surface area contributed by atoms with E-state index >= 15 is 0 Å². The molecule has 4 nitrogen and oxygen atoms in total. The molecule has 1 aliphatic rings. The van der Waals surface area contributed by atoms with Gasteiger partial charge in [0.2, 0.25) is 0 Å². The van der Waals surface area contributed by atoms with Crippen molar-refractivity contribution in [1.29, 1.82) is 0 Å². The monoisotopic (exact) mass is 336 g/mol. The third-order valence-corrected chi connectivity index (χ3v) is 4.63. The van der Waals surface area contributed by atoms with Crippen LogP contribution in [0.5, 0.6) is 0 Å². The second-order valence-electron chi connectivity index (χ2n) is 6.71. The maximum Gasteiger partial charge on any atom is 0.255 e. The molecule has 0 atom stereocenters. The van der Waals surface area contributed by atoms with Crippen LogP contribution in [-0.2, 0) is 0 Å². The molecule has 130 valence electrons. The van der Waals surface area contributed by atoms with E-state index < -0.39 is 0 Å². The number of anilines is 1. The predicted octanol–water partition coefficient (Wildman–Crippen LogP) is 4.31. The smallest absolute Gasteiger partial charge is 0.255 e. The molecule has 0 aliphatic heterocycles. The fourth-order valence-electron chi connectivity index (χ4n) is 3.21. The molecule has 0 heterocycles. The number of amides is 2. The third kappa shape index (κ3) is 4.69. The van der Waals surface area contributed by atoms with E-state index in [1.807, 2.05) is 25.1 Å². The summed E-state index contributed by atoms with van der Waals surface area (Å²) in [5.74, 6) is -0.188. The Morgan fingerprint density at radius 3 is 2.28 bits per heavy atom. The molecule has 2 aromatic rings. The first-order valence-corrected chi connectivity index (χ1v) is 8.91. The van der Waals surface area contributed by atoms with E-state index in [1.165, 1.54) is 19.3 Å². The lowest BCUT2D eigenvalue weighted by molar-refractivity contribution is 0.0927. The minimum absolute atomic E-state index is 0.0385. The molecule has 0 aromatic heterocycles. The highest BCUT2D eigenvalue weighted by molar-refractivity contribution is 6.04. The molecule has 2 aromatic carbocycles. The van der Waals surface area contributed by atoms with E-state index in [0.717, 1.165) is 18.4 Å². The molecule has 3 rings (SSSR count). The summed E-state index contributed by atoms with van der Waals surface area (Å²) in [6.45, 7) is 1.95. The average molecular weight is 336 g/mol. The van der Waals surface area contributed by atoms with Gasteiger partial charge in [0.15, 0.2) is 0 Å². The Hall–Kier alpha value is -2.62. The normalized spacial score (nSPS) is 14.8. The molecule has 1 aliphatic carbocycles. The van der Waals surface area contributed by atoms with Crippen molar-refractivity contribution in [3.05, 3.63) is 65.2 Å². The number of rotatable bonds is 4. The molecule has 0 saturated heterocycles. The van der Waals surface area contributed by atoms with Crippen LogP contribution in [0.4, 0.5) is 5.69 Å². The molecule has 0 bridgehead atoms. The van der Waals surface area contributed by atoms with Crippen molar-refractivity contribution in [2.45, 2.75) is 45.1 Å². The Morgan fingerprint density at radius 2 is 1.60 bits per heavy atom. The molecule has 1 saturated carbocycles. The van der Waals surface area contributed by atoms with E-state index in [4.69, 9.17) is 0 Å². The van der Waals surface area contributed by atoms with Gasteiger partial charge in [0.05, 0.1) is 0 Å². The van der Waals surface area contributed by atoms with Gasteiger partial charge in [-0.2, -0.15) is 0 Å². The Morgan fingerprint density at radius 1 is 0.880 bits per heavy atom. The summed E-state index contributed by atoms with van der Waals surface area (Å²) >= 11 is 0. The van der Waals surface area contributed by atoms with Crippen molar-refractivity contribution >= 4 is 17.5 Å². The third-order valence-electron chi connectivity index (χ3n) is 4.63. The fraction of sp³-hybridized carbons (Fsp3) is 0.333. The maximum absolute atomic E-state index is 12.3. The van der Waals surface area contributed by atoms with Crippen LogP contribution in [-0.4, -0.2) is 17.9 Å². The van der Waals surface area contributed by atoms with Crippen molar-refractivity contribution in [3.8, 4) is 0 Å². The lowest BCUT2D eigenvalue weighted by Gasteiger charge is -2.22. The first kappa shape index (κ1) is 17.2. The van der Waals surface area contributed by atoms with Gasteiger partial charge in [-0.1, -0.05) is 37.0 Å². The van der Waals surface area contributed by atoms with Crippen LogP contribution >= 0.6 is 0 Å². The molecular formula is C21H24N2O2. The van der Waals surface area contributed by atoms with Crippen molar-refractivity contribution < 1.29 is 9.59 Å². The molecule has 0 radical (unpaired) electrons. The van der Waals surface area contributed by atoms with Gasteiger partial charge in [0.25, 0.3) is 11.8 Å². The number of aryl methyl sites for hydroxylation is 1. The quantitative estimate of drug-likeness (QED) is 0.874. The zero-order valence-electron chi connectivity index (χ0n) is 14.5. The van der Waals surface area contributed by atoms with Gasteiger partial charge in [0, 0.05) is 22.9 Å². The summed E-state index contributed by atoms with van der Waals surface area (Å²) in [7, 11) is 0. The van der Waals surface area contributed by atoms with E-state index in [0.29, 0.717) is 22.9 Å². The lowest BCUT2D eigenvalue weighted by atomic mass is 9.95. The van der Waals surface area contributed by atoms with Crippen LogP contribution in [0.25, 0.3) is 0 Å². The number of carbonyl (C=O) groups is 2. The number of nitrogens with one attached hydrogen (secondary N) is 2. The molecule has 0 spiro atoms. The number of benzene rings is 2. The van der Waals surface area contributed by atoms with Crippen LogP contribution in [0.2, 0.25) is 0 Å². The zero-order chi connectivity index (χ0) is 17.6. The maximum atomic E-state index is 12.3. The Kier molecular flexibility index (Phi) is 5.49. The van der Waals surface area contributed by atoms with E-state index in [9.17, 15) is 9.59 Å². The summed E-state index contributed by atoms with van der Waals surface area (Å²) in [5.41, 5.74) is 2.97. The number of hydrogen-bond donors (Lipinski definition) is 2. The van der Waals surface area contributed by atoms with Gasteiger partial charge >= 0.3 is 0 Å². The van der Waals surface area contributed by atoms with E-state index in [2.05, 4.69) is 10.6 Å². The molecule has 25 heavy (non-hydrogen) atoms. The molecule has 0 unspecified atom stereocenters. The van der Waals surface area contributed by atoms with E-state index in [-0.39, 0.29) is 11.8 Å². The van der Waals surface area contributed by atoms with Crippen molar-refractivity contribution in [2.24, 2.45) is 0 Å². The Balaban J connectivity index is 1.59. The van der Waals surface area contributed by atoms with Gasteiger partial charge in [-0.25, -0.2) is 0 Å². The highest BCUT2D eigenvalue weighted by Gasteiger charge is 2.16. The minimum Gasteiger partial charge on any atom is -0.349 e. The number of carbonyl (C=O) groups excluding carboxylic acids is 2. The summed E-state index contributed by atoms with van der Waals surface area (Å²) in [6.07, 6.45) is 5.78. The van der Waals surface area contributed by atoms with Gasteiger partial charge in [0.1, 0.15) is 0 Å². The highest BCUT2D eigenvalue weighted by atomic mass is 16.2. The van der Waals surface area contributed by atoms with Crippen LogP contribution in [0.15, 0.2) is 48.5 Å². The SMILES string of the molecule is Cc1cccc(C(=O)Nc2ccc(C(=O)NC3CCCCC3)cc2)c1. The summed E-state index contributed by atoms with van der Waals surface area (Å²) < 4.78 is 0. The van der Waals surface area contributed by atoms with Gasteiger partial charge < -0.3 is 10.6 Å². The van der Waals surface area contributed by atoms with Crippen LogP contribution in [0.3, 0.4) is 0 Å². The standard InChI is InChI=1S/C21H24N2O2/c1-15-6-5-7-17(14-15)21(25)23-19-12-10-16(11-13-19)20(24)22-18-8-3-2-4-9-18/h5-7,10-14,18H,2-4,8-9H2,1H3,(H,22,24)(H,23,25). The molecule has 1 fully saturated rings. The van der Waals surface area contributed by atoms with Crippen molar-refractivity contribution in [3.63, 3.8) is 0 Å². The zero-order valence-corrected chi connectivity index (χ0v) is 14.5.